The van der Waals surface area contributed by atoms with Gasteiger partial charge in [0, 0.05) is 18.0 Å². The average molecular weight is 334 g/mol. The van der Waals surface area contributed by atoms with Crippen molar-refractivity contribution in [2.75, 3.05) is 5.43 Å². The second kappa shape index (κ2) is 6.32. The summed E-state index contributed by atoms with van der Waals surface area (Å²) in [4.78, 5) is 3.89. The lowest BCUT2D eigenvalue weighted by Crippen LogP contribution is -2.05. The van der Waals surface area contributed by atoms with Gasteiger partial charge >= 0.3 is 6.18 Å². The zero-order valence-electron chi connectivity index (χ0n) is 10.3. The first-order valence-corrected chi connectivity index (χ1v) is 6.39. The number of rotatable bonds is 3. The Hall–Kier alpha value is -1.79. The smallest absolute Gasteiger partial charge is 0.275 e. The van der Waals surface area contributed by atoms with Crippen molar-refractivity contribution in [2.24, 2.45) is 5.10 Å². The minimum Gasteiger partial charge on any atom is -0.275 e. The van der Waals surface area contributed by atoms with Crippen LogP contribution in [0.15, 0.2) is 41.8 Å². The molecule has 8 heteroatoms. The Morgan fingerprint density at radius 3 is 2.38 bits per heavy atom. The van der Waals surface area contributed by atoms with Gasteiger partial charge < -0.3 is 0 Å². The summed E-state index contributed by atoms with van der Waals surface area (Å²) in [6.45, 7) is 0. The average Bonchev–Trinajstić information content (AvgIpc) is 2.42. The standard InChI is InChI=1S/C13H8Cl2F3N3/c14-10-4-9(13(16,17)18)5-11(15)12(10)21-20-7-8-2-1-3-19-6-8/h1-7,21H. The Bertz CT molecular complexity index is 634. The maximum absolute atomic E-state index is 12.6. The number of hydrazone groups is 1. The summed E-state index contributed by atoms with van der Waals surface area (Å²) >= 11 is 11.6. The highest BCUT2D eigenvalue weighted by atomic mass is 35.5. The maximum atomic E-state index is 12.6. The molecule has 0 bridgehead atoms. The van der Waals surface area contributed by atoms with Gasteiger partial charge in [-0.1, -0.05) is 29.3 Å². The van der Waals surface area contributed by atoms with Crippen molar-refractivity contribution in [3.8, 4) is 0 Å². The number of nitrogens with one attached hydrogen (secondary N) is 1. The molecule has 2 rings (SSSR count). The normalized spacial score (nSPS) is 11.9. The first kappa shape index (κ1) is 15.6. The van der Waals surface area contributed by atoms with Crippen molar-refractivity contribution in [3.63, 3.8) is 0 Å². The fourth-order valence-corrected chi connectivity index (χ4v) is 2.04. The Morgan fingerprint density at radius 2 is 1.86 bits per heavy atom. The lowest BCUT2D eigenvalue weighted by Gasteiger charge is -2.11. The molecule has 2 aromatic rings. The van der Waals surface area contributed by atoms with E-state index >= 15 is 0 Å². The fourth-order valence-electron chi connectivity index (χ4n) is 1.47. The van der Waals surface area contributed by atoms with Gasteiger partial charge in [-0.25, -0.2) is 0 Å². The van der Waals surface area contributed by atoms with Gasteiger partial charge in [0.25, 0.3) is 0 Å². The van der Waals surface area contributed by atoms with Crippen LogP contribution in [-0.2, 0) is 6.18 Å². The van der Waals surface area contributed by atoms with E-state index in [9.17, 15) is 13.2 Å². The SMILES string of the molecule is FC(F)(F)c1cc(Cl)c(NN=Cc2cccnc2)c(Cl)c1. The quantitative estimate of drug-likeness (QED) is 0.643. The molecular weight excluding hydrogens is 326 g/mol. The number of hydrogen-bond acceptors (Lipinski definition) is 3. The first-order chi connectivity index (χ1) is 9.88. The van der Waals surface area contributed by atoms with Crippen molar-refractivity contribution in [1.29, 1.82) is 0 Å². The van der Waals surface area contributed by atoms with E-state index < -0.39 is 11.7 Å². The molecule has 3 nitrogen and oxygen atoms in total. The molecule has 0 atom stereocenters. The number of halogens is 5. The molecule has 1 aromatic heterocycles. The van der Waals surface area contributed by atoms with Crippen molar-refractivity contribution < 1.29 is 13.2 Å². The van der Waals surface area contributed by atoms with Crippen LogP contribution in [0, 0.1) is 0 Å². The van der Waals surface area contributed by atoms with E-state index in [1.165, 1.54) is 6.21 Å². The van der Waals surface area contributed by atoms with Crippen LogP contribution in [-0.4, -0.2) is 11.2 Å². The zero-order valence-corrected chi connectivity index (χ0v) is 11.8. The summed E-state index contributed by atoms with van der Waals surface area (Å²) < 4.78 is 37.7. The zero-order chi connectivity index (χ0) is 15.5. The molecule has 1 aromatic carbocycles. The Labute approximate surface area is 128 Å². The summed E-state index contributed by atoms with van der Waals surface area (Å²) in [5.74, 6) is 0. The molecule has 1 N–H and O–H groups in total. The molecule has 0 saturated carbocycles. The van der Waals surface area contributed by atoms with Crippen molar-refractivity contribution in [3.05, 3.63) is 57.8 Å². The highest BCUT2D eigenvalue weighted by molar-refractivity contribution is 6.39. The lowest BCUT2D eigenvalue weighted by molar-refractivity contribution is -0.137. The molecule has 0 radical (unpaired) electrons. The number of nitrogens with zero attached hydrogens (tertiary/aromatic N) is 2. The second-order valence-corrected chi connectivity index (χ2v) is 4.78. The third-order valence-electron chi connectivity index (χ3n) is 2.44. The van der Waals surface area contributed by atoms with Crippen LogP contribution in [0.4, 0.5) is 18.9 Å². The summed E-state index contributed by atoms with van der Waals surface area (Å²) in [7, 11) is 0. The molecule has 0 unspecified atom stereocenters. The lowest BCUT2D eigenvalue weighted by atomic mass is 10.2. The summed E-state index contributed by atoms with van der Waals surface area (Å²) in [5.41, 5.74) is 2.42. The molecule has 0 spiro atoms. The van der Waals surface area contributed by atoms with Crippen LogP contribution in [0.1, 0.15) is 11.1 Å². The van der Waals surface area contributed by atoms with Crippen molar-refractivity contribution in [2.45, 2.75) is 6.18 Å². The molecule has 0 saturated heterocycles. The van der Waals surface area contributed by atoms with Gasteiger partial charge in [0.2, 0.25) is 0 Å². The van der Waals surface area contributed by atoms with Crippen LogP contribution >= 0.6 is 23.2 Å². The number of hydrogen-bond donors (Lipinski definition) is 1. The Balaban J connectivity index is 2.20. The van der Waals surface area contributed by atoms with Crippen molar-refractivity contribution in [1.82, 2.24) is 4.98 Å². The third kappa shape index (κ3) is 4.09. The van der Waals surface area contributed by atoms with Crippen LogP contribution in [0.2, 0.25) is 10.0 Å². The van der Waals surface area contributed by atoms with Gasteiger partial charge in [-0.3, -0.25) is 10.4 Å². The highest BCUT2D eigenvalue weighted by Gasteiger charge is 2.31. The van der Waals surface area contributed by atoms with E-state index in [-0.39, 0.29) is 15.7 Å². The van der Waals surface area contributed by atoms with Crippen LogP contribution in [0.25, 0.3) is 0 Å². The number of aromatic nitrogens is 1. The first-order valence-electron chi connectivity index (χ1n) is 5.63. The molecule has 0 aliphatic rings. The third-order valence-corrected chi connectivity index (χ3v) is 3.04. The molecule has 0 aliphatic heterocycles. The largest absolute Gasteiger partial charge is 0.416 e. The summed E-state index contributed by atoms with van der Waals surface area (Å²) in [6.07, 6.45) is 0.109. The minimum atomic E-state index is -4.51. The molecule has 0 amide bonds. The van der Waals surface area contributed by atoms with E-state index in [2.05, 4.69) is 15.5 Å². The molecular formula is C13H8Cl2F3N3. The fraction of sp³-hybridized carbons (Fsp3) is 0.0769. The minimum absolute atomic E-state index is 0.103. The molecule has 110 valence electrons. The van der Waals surface area contributed by atoms with E-state index in [4.69, 9.17) is 23.2 Å². The van der Waals surface area contributed by atoms with Gasteiger partial charge in [0.1, 0.15) is 0 Å². The number of pyridine rings is 1. The van der Waals surface area contributed by atoms with Crippen molar-refractivity contribution >= 4 is 35.1 Å². The highest BCUT2D eigenvalue weighted by Crippen LogP contribution is 2.38. The predicted octanol–water partition coefficient (Wildman–Crippen LogP) is 4.85. The Kier molecular flexibility index (Phi) is 4.69. The van der Waals surface area contributed by atoms with Gasteiger partial charge in [0.15, 0.2) is 0 Å². The molecule has 0 fully saturated rings. The number of alkyl halides is 3. The predicted molar refractivity (Wildman–Crippen MR) is 76.9 cm³/mol. The topological polar surface area (TPSA) is 37.3 Å². The Morgan fingerprint density at radius 1 is 1.19 bits per heavy atom. The molecule has 1 heterocycles. The van der Waals surface area contributed by atoms with Crippen LogP contribution < -0.4 is 5.43 Å². The van der Waals surface area contributed by atoms with Crippen LogP contribution in [0.3, 0.4) is 0 Å². The number of benzene rings is 1. The molecule has 21 heavy (non-hydrogen) atoms. The molecule has 0 aliphatic carbocycles. The summed E-state index contributed by atoms with van der Waals surface area (Å²) in [5, 5.41) is 3.52. The maximum Gasteiger partial charge on any atom is 0.416 e. The summed E-state index contributed by atoms with van der Waals surface area (Å²) in [6, 6.07) is 5.05. The monoisotopic (exact) mass is 333 g/mol. The number of anilines is 1. The van der Waals surface area contributed by atoms with Gasteiger partial charge in [-0.2, -0.15) is 18.3 Å². The van der Waals surface area contributed by atoms with Gasteiger partial charge in [-0.15, -0.1) is 0 Å². The second-order valence-electron chi connectivity index (χ2n) is 3.97. The van der Waals surface area contributed by atoms with Gasteiger partial charge in [-0.05, 0) is 18.2 Å². The van der Waals surface area contributed by atoms with Crippen LogP contribution in [0.5, 0.6) is 0 Å². The van der Waals surface area contributed by atoms with E-state index in [1.54, 1.807) is 24.5 Å². The van der Waals surface area contributed by atoms with E-state index in [0.717, 1.165) is 12.1 Å². The van der Waals surface area contributed by atoms with Gasteiger partial charge in [0.05, 0.1) is 27.5 Å². The van der Waals surface area contributed by atoms with E-state index in [1.807, 2.05) is 0 Å². The van der Waals surface area contributed by atoms with E-state index in [0.29, 0.717) is 5.56 Å².